The van der Waals surface area contributed by atoms with Crippen LogP contribution in [0.4, 0.5) is 0 Å². The summed E-state index contributed by atoms with van der Waals surface area (Å²) in [5.74, 6) is 0.346. The lowest BCUT2D eigenvalue weighted by Crippen LogP contribution is -2.30. The van der Waals surface area contributed by atoms with E-state index in [1.165, 1.54) is 10.2 Å². The third kappa shape index (κ3) is 3.84. The van der Waals surface area contributed by atoms with Crippen molar-refractivity contribution in [1.82, 2.24) is 25.5 Å². The van der Waals surface area contributed by atoms with Crippen molar-refractivity contribution in [2.24, 2.45) is 0 Å². The molecule has 4 aromatic rings. The van der Waals surface area contributed by atoms with E-state index in [-0.39, 0.29) is 18.5 Å². The first-order valence-electron chi connectivity index (χ1n) is 8.80. The molecule has 1 amide bonds. The molecule has 0 aliphatic rings. The lowest BCUT2D eigenvalue weighted by molar-refractivity contribution is -0.122. The SMILES string of the molecule is CC(NC(=O)Cn1nnc(-c2ccccc2)n1)c1ccc2ccccc2c1. The highest BCUT2D eigenvalue weighted by Gasteiger charge is 2.13. The van der Waals surface area contributed by atoms with Crippen LogP contribution in [0.2, 0.25) is 0 Å². The molecule has 0 saturated carbocycles. The molecule has 1 unspecified atom stereocenters. The van der Waals surface area contributed by atoms with Gasteiger partial charge < -0.3 is 5.32 Å². The Balaban J connectivity index is 1.42. The molecule has 0 aliphatic heterocycles. The van der Waals surface area contributed by atoms with Crippen molar-refractivity contribution in [3.8, 4) is 11.4 Å². The Bertz CT molecular complexity index is 1070. The van der Waals surface area contributed by atoms with Gasteiger partial charge in [0.2, 0.25) is 11.7 Å². The zero-order valence-electron chi connectivity index (χ0n) is 14.9. The van der Waals surface area contributed by atoms with Gasteiger partial charge in [0.25, 0.3) is 0 Å². The second-order valence-corrected chi connectivity index (χ2v) is 6.41. The Kier molecular flexibility index (Phi) is 4.61. The fourth-order valence-corrected chi connectivity index (χ4v) is 2.99. The quantitative estimate of drug-likeness (QED) is 0.594. The minimum Gasteiger partial charge on any atom is -0.348 e. The maximum absolute atomic E-state index is 12.4. The molecular formula is C21H19N5O. The average molecular weight is 357 g/mol. The van der Waals surface area contributed by atoms with Crippen LogP contribution in [0.15, 0.2) is 72.8 Å². The van der Waals surface area contributed by atoms with Crippen molar-refractivity contribution in [2.75, 3.05) is 0 Å². The topological polar surface area (TPSA) is 72.7 Å². The summed E-state index contributed by atoms with van der Waals surface area (Å²) in [5, 5.41) is 17.6. The van der Waals surface area contributed by atoms with Crippen LogP contribution in [0.5, 0.6) is 0 Å². The Morgan fingerprint density at radius 2 is 1.74 bits per heavy atom. The van der Waals surface area contributed by atoms with E-state index >= 15 is 0 Å². The Morgan fingerprint density at radius 1 is 1.00 bits per heavy atom. The highest BCUT2D eigenvalue weighted by Crippen LogP contribution is 2.20. The molecule has 27 heavy (non-hydrogen) atoms. The summed E-state index contributed by atoms with van der Waals surface area (Å²) in [7, 11) is 0. The third-order valence-corrected chi connectivity index (χ3v) is 4.42. The highest BCUT2D eigenvalue weighted by molar-refractivity contribution is 5.83. The van der Waals surface area contributed by atoms with E-state index in [0.717, 1.165) is 16.5 Å². The Hall–Kier alpha value is -3.54. The first-order chi connectivity index (χ1) is 13.2. The number of fused-ring (bicyclic) bond motifs is 1. The largest absolute Gasteiger partial charge is 0.348 e. The Labute approximate surface area is 156 Å². The monoisotopic (exact) mass is 357 g/mol. The van der Waals surface area contributed by atoms with Crippen molar-refractivity contribution < 1.29 is 4.79 Å². The highest BCUT2D eigenvalue weighted by atomic mass is 16.2. The summed E-state index contributed by atoms with van der Waals surface area (Å²) >= 11 is 0. The molecule has 0 radical (unpaired) electrons. The number of tetrazole rings is 1. The molecule has 134 valence electrons. The maximum Gasteiger partial charge on any atom is 0.244 e. The summed E-state index contributed by atoms with van der Waals surface area (Å²) < 4.78 is 0. The molecule has 4 rings (SSSR count). The predicted octanol–water partition coefficient (Wildman–Crippen LogP) is 3.37. The van der Waals surface area contributed by atoms with E-state index < -0.39 is 0 Å². The number of nitrogens with zero attached hydrogens (tertiary/aromatic N) is 4. The smallest absolute Gasteiger partial charge is 0.244 e. The zero-order chi connectivity index (χ0) is 18.6. The summed E-state index contributed by atoms with van der Waals surface area (Å²) in [4.78, 5) is 13.7. The summed E-state index contributed by atoms with van der Waals surface area (Å²) in [6.07, 6.45) is 0. The molecule has 0 spiro atoms. The fraction of sp³-hybridized carbons (Fsp3) is 0.143. The number of hydrogen-bond acceptors (Lipinski definition) is 4. The number of nitrogens with one attached hydrogen (secondary N) is 1. The van der Waals surface area contributed by atoms with Gasteiger partial charge in [-0.3, -0.25) is 4.79 Å². The molecule has 1 atom stereocenters. The summed E-state index contributed by atoms with van der Waals surface area (Å²) in [6, 6.07) is 23.8. The van der Waals surface area contributed by atoms with Gasteiger partial charge in [-0.15, -0.1) is 10.2 Å². The van der Waals surface area contributed by atoms with Gasteiger partial charge in [0, 0.05) is 5.56 Å². The standard InChI is InChI=1S/C21H19N5O/c1-15(18-12-11-16-7-5-6-10-19(16)13-18)22-20(27)14-26-24-21(23-25-26)17-8-3-2-4-9-17/h2-13,15H,14H2,1H3,(H,22,27). The van der Waals surface area contributed by atoms with Crippen LogP contribution in [0.3, 0.4) is 0 Å². The van der Waals surface area contributed by atoms with Crippen LogP contribution in [0.1, 0.15) is 18.5 Å². The predicted molar refractivity (Wildman–Crippen MR) is 104 cm³/mol. The maximum atomic E-state index is 12.4. The van der Waals surface area contributed by atoms with Crippen LogP contribution in [0, 0.1) is 0 Å². The van der Waals surface area contributed by atoms with Crippen molar-refractivity contribution in [2.45, 2.75) is 19.5 Å². The molecular weight excluding hydrogens is 338 g/mol. The van der Waals surface area contributed by atoms with Gasteiger partial charge in [-0.25, -0.2) is 0 Å². The normalized spacial score (nSPS) is 12.0. The van der Waals surface area contributed by atoms with Gasteiger partial charge in [-0.2, -0.15) is 4.80 Å². The molecule has 0 saturated heterocycles. The molecule has 1 N–H and O–H groups in total. The molecule has 0 bridgehead atoms. The molecule has 1 aromatic heterocycles. The van der Waals surface area contributed by atoms with E-state index in [0.29, 0.717) is 5.82 Å². The lowest BCUT2D eigenvalue weighted by Gasteiger charge is -2.14. The van der Waals surface area contributed by atoms with Crippen LogP contribution < -0.4 is 5.32 Å². The first-order valence-corrected chi connectivity index (χ1v) is 8.80. The van der Waals surface area contributed by atoms with E-state index in [1.54, 1.807) is 0 Å². The second kappa shape index (κ2) is 7.37. The van der Waals surface area contributed by atoms with Gasteiger partial charge in [-0.05, 0) is 34.5 Å². The fourth-order valence-electron chi connectivity index (χ4n) is 2.99. The van der Waals surface area contributed by atoms with E-state index in [1.807, 2.05) is 55.5 Å². The molecule has 0 fully saturated rings. The van der Waals surface area contributed by atoms with Gasteiger partial charge in [-0.1, -0.05) is 66.7 Å². The van der Waals surface area contributed by atoms with Crippen LogP contribution in [0.25, 0.3) is 22.2 Å². The van der Waals surface area contributed by atoms with Crippen molar-refractivity contribution in [1.29, 1.82) is 0 Å². The van der Waals surface area contributed by atoms with Crippen molar-refractivity contribution >= 4 is 16.7 Å². The number of hydrogen-bond donors (Lipinski definition) is 1. The number of carbonyl (C=O) groups is 1. The molecule has 1 heterocycles. The number of aromatic nitrogens is 4. The van der Waals surface area contributed by atoms with Crippen LogP contribution in [-0.2, 0) is 11.3 Å². The van der Waals surface area contributed by atoms with Crippen LogP contribution in [-0.4, -0.2) is 26.1 Å². The first kappa shape index (κ1) is 16.9. The van der Waals surface area contributed by atoms with E-state index in [9.17, 15) is 4.79 Å². The van der Waals surface area contributed by atoms with Crippen LogP contribution >= 0.6 is 0 Å². The minimum atomic E-state index is -0.160. The van der Waals surface area contributed by atoms with Gasteiger partial charge in [0.15, 0.2) is 0 Å². The van der Waals surface area contributed by atoms with Crippen molar-refractivity contribution in [3.63, 3.8) is 0 Å². The number of amides is 1. The van der Waals surface area contributed by atoms with Gasteiger partial charge in [0.1, 0.15) is 6.54 Å². The molecule has 0 aliphatic carbocycles. The number of rotatable bonds is 5. The van der Waals surface area contributed by atoms with Gasteiger partial charge in [0.05, 0.1) is 6.04 Å². The lowest BCUT2D eigenvalue weighted by atomic mass is 10.0. The molecule has 6 heteroatoms. The average Bonchev–Trinajstić information content (AvgIpc) is 3.16. The number of carbonyl (C=O) groups excluding carboxylic acids is 1. The van der Waals surface area contributed by atoms with E-state index in [4.69, 9.17) is 0 Å². The number of benzene rings is 3. The van der Waals surface area contributed by atoms with E-state index in [2.05, 4.69) is 45.0 Å². The van der Waals surface area contributed by atoms with Gasteiger partial charge >= 0.3 is 0 Å². The zero-order valence-corrected chi connectivity index (χ0v) is 14.9. The Morgan fingerprint density at radius 3 is 2.56 bits per heavy atom. The summed E-state index contributed by atoms with van der Waals surface area (Å²) in [6.45, 7) is 1.99. The summed E-state index contributed by atoms with van der Waals surface area (Å²) in [5.41, 5.74) is 1.92. The minimum absolute atomic E-state index is 0.0256. The second-order valence-electron chi connectivity index (χ2n) is 6.41. The molecule has 6 nitrogen and oxygen atoms in total. The third-order valence-electron chi connectivity index (χ3n) is 4.42. The van der Waals surface area contributed by atoms with Crippen molar-refractivity contribution in [3.05, 3.63) is 78.4 Å². The molecule has 3 aromatic carbocycles.